The number of methoxy groups -OCH3 is 1. The number of carbonyl (C=O) groups is 2. The minimum absolute atomic E-state index is 0. The molecule has 0 amide bonds. The van der Waals surface area contributed by atoms with Gasteiger partial charge in [0.25, 0.3) is 0 Å². The van der Waals surface area contributed by atoms with E-state index < -0.39 is 11.7 Å². The molecule has 0 saturated carbocycles. The summed E-state index contributed by atoms with van der Waals surface area (Å²) in [6, 6.07) is 0. The number of allylic oxidation sites excluding steroid dienone is 13. The van der Waals surface area contributed by atoms with Gasteiger partial charge in [0.05, 0.1) is 46.9 Å². The molecule has 0 spiro atoms. The molecule has 5 heterocycles. The van der Waals surface area contributed by atoms with E-state index in [1.807, 2.05) is 19.1 Å². The third-order valence-electron chi connectivity index (χ3n) is 13.8. The van der Waals surface area contributed by atoms with Gasteiger partial charge >= 0.3 is 35.0 Å². The fourth-order valence-corrected chi connectivity index (χ4v) is 9.75. The quantitative estimate of drug-likeness (QED) is 0.0554. The molecule has 346 valence electrons. The zero-order valence-electron chi connectivity index (χ0n) is 40.8. The van der Waals surface area contributed by atoms with Crippen LogP contribution in [0.4, 0.5) is 0 Å². The zero-order valence-corrected chi connectivity index (χ0v) is 42.2. The van der Waals surface area contributed by atoms with Gasteiger partial charge in [0.2, 0.25) is 0 Å². The van der Waals surface area contributed by atoms with Gasteiger partial charge in [-0.05, 0) is 104 Å². The van der Waals surface area contributed by atoms with Crippen LogP contribution in [0.2, 0.25) is 0 Å². The number of ether oxygens (including phenoxy) is 2. The number of fused-ring (bicyclic) bond motifs is 5. The van der Waals surface area contributed by atoms with E-state index in [0.29, 0.717) is 80.1 Å². The summed E-state index contributed by atoms with van der Waals surface area (Å²) < 4.78 is 11.0. The second-order valence-electron chi connectivity index (χ2n) is 19.0. The summed E-state index contributed by atoms with van der Waals surface area (Å²) in [6.45, 7) is 25.5. The normalized spacial score (nSPS) is 21.7. The van der Waals surface area contributed by atoms with Crippen molar-refractivity contribution < 1.29 is 29.3 Å². The van der Waals surface area contributed by atoms with Crippen LogP contribution in [0.1, 0.15) is 126 Å². The molecule has 1 fully saturated rings. The van der Waals surface area contributed by atoms with Gasteiger partial charge in [-0.25, -0.2) is 19.8 Å². The van der Waals surface area contributed by atoms with E-state index in [-0.39, 0.29) is 59.5 Å². The Kier molecular flexibility index (Phi) is 18.2. The Morgan fingerprint density at radius 3 is 2.15 bits per heavy atom. The molecule has 10 nitrogen and oxygen atoms in total. The van der Waals surface area contributed by atoms with Gasteiger partial charge in [-0.15, -0.1) is 6.26 Å². The van der Waals surface area contributed by atoms with Crippen LogP contribution < -0.4 is 15.5 Å². The Hall–Kier alpha value is -5.00. The van der Waals surface area contributed by atoms with Gasteiger partial charge in [-0.2, -0.15) is 0 Å². The van der Waals surface area contributed by atoms with E-state index in [9.17, 15) is 19.8 Å². The molecule has 1 saturated heterocycles. The summed E-state index contributed by atoms with van der Waals surface area (Å²) in [6.07, 6.45) is 23.2. The van der Waals surface area contributed by atoms with Crippen molar-refractivity contribution in [3.63, 3.8) is 0 Å². The largest absolute Gasteiger partial charge is 2.00 e. The molecule has 66 heavy (non-hydrogen) atoms. The fraction of sp³-hybridized carbons (Fsp3) is 0.473. The van der Waals surface area contributed by atoms with E-state index >= 15 is 0 Å². The average Bonchev–Trinajstić information content (AvgIpc) is 4.02. The van der Waals surface area contributed by atoms with E-state index in [0.717, 1.165) is 47.8 Å². The van der Waals surface area contributed by atoms with Gasteiger partial charge in [-0.3, -0.25) is 4.79 Å². The first-order valence-electron chi connectivity index (χ1n) is 23.6. The van der Waals surface area contributed by atoms with Crippen molar-refractivity contribution in [1.29, 1.82) is 0 Å². The number of rotatable bonds is 20. The van der Waals surface area contributed by atoms with Gasteiger partial charge < -0.3 is 25.0 Å². The molecule has 0 aromatic heterocycles. The predicted octanol–water partition coefficient (Wildman–Crippen LogP) is 9.76. The number of hydrogen-bond donors (Lipinski definition) is 1. The van der Waals surface area contributed by atoms with Crippen LogP contribution in [-0.4, -0.2) is 65.8 Å². The van der Waals surface area contributed by atoms with Crippen molar-refractivity contribution >= 4 is 52.1 Å². The standard InChI is InChI=1S/C55H70N4O6.Mg/c1-12-38-35(8)42-27-43-36(9)40(23-24-48(61)65-26-25-34(7)22-16-21-33(6)20-15-19-32(5)18-14-17-31(3)4)52(58-43)50-51(55(63)64-11)54(62)49-37(10)44(59-53(49)50)28-46-39(13-2)41(30-60)47(57-46)29-45(38)56-42;/h12-13,25,27-33,36,40,58,60,62H,1-2,14-24,26H2,3-11H3;/q;+2/p-2/b34-25+,41-30?,43-27?,44-28?,45-29?,52-50?;/t32-,33-,36+,40+;/m1./s1. The second-order valence-corrected chi connectivity index (χ2v) is 19.0. The first kappa shape index (κ1) is 52.0. The molecule has 5 aliphatic heterocycles. The molecule has 0 aromatic carbocycles. The van der Waals surface area contributed by atoms with Crippen molar-refractivity contribution in [2.24, 2.45) is 44.6 Å². The maximum atomic E-state index is 14.3. The van der Waals surface area contributed by atoms with Gasteiger partial charge in [0.1, 0.15) is 6.61 Å². The predicted molar refractivity (Wildman–Crippen MR) is 264 cm³/mol. The Labute approximate surface area is 409 Å². The third kappa shape index (κ3) is 11.4. The monoisotopic (exact) mass is 904 g/mol. The van der Waals surface area contributed by atoms with Crippen LogP contribution in [0.3, 0.4) is 0 Å². The van der Waals surface area contributed by atoms with Crippen molar-refractivity contribution in [3.8, 4) is 0 Å². The number of carbonyl (C=O) groups excluding carboxylic acids is 2. The topological polar surface area (TPSA) is 148 Å². The summed E-state index contributed by atoms with van der Waals surface area (Å²) in [4.78, 5) is 41.8. The van der Waals surface area contributed by atoms with Crippen LogP contribution in [0, 0.1) is 29.6 Å². The molecule has 1 aliphatic carbocycles. The van der Waals surface area contributed by atoms with Crippen molar-refractivity contribution in [3.05, 3.63) is 140 Å². The van der Waals surface area contributed by atoms with Crippen LogP contribution in [0.15, 0.2) is 155 Å². The summed E-state index contributed by atoms with van der Waals surface area (Å²) in [5, 5.41) is 30.4. The second kappa shape index (κ2) is 23.1. The minimum atomic E-state index is -0.773. The van der Waals surface area contributed by atoms with Gasteiger partial charge in [0.15, 0.2) is 0 Å². The number of nitrogens with zero attached hydrogens (tertiary/aromatic N) is 3. The van der Waals surface area contributed by atoms with Crippen molar-refractivity contribution in [2.45, 2.75) is 126 Å². The third-order valence-corrected chi connectivity index (χ3v) is 13.8. The summed E-state index contributed by atoms with van der Waals surface area (Å²) in [5.74, 6) is 0.171. The van der Waals surface area contributed by atoms with E-state index in [2.05, 4.69) is 60.0 Å². The summed E-state index contributed by atoms with van der Waals surface area (Å²) >= 11 is 0. The van der Waals surface area contributed by atoms with Gasteiger partial charge in [0, 0.05) is 46.4 Å². The molecular weight excluding hydrogens is 837 g/mol. The molecule has 6 rings (SSSR count). The molecule has 8 bridgehead atoms. The van der Waals surface area contributed by atoms with Crippen molar-refractivity contribution in [1.82, 2.24) is 5.32 Å². The molecule has 0 aromatic rings. The Bertz CT molecular complexity index is 2420. The molecular formula is C55H68MgN4O6. The summed E-state index contributed by atoms with van der Waals surface area (Å²) in [5.41, 5.74) is 9.18. The average molecular weight is 905 g/mol. The molecule has 1 N–H and O–H groups in total. The first-order valence-corrected chi connectivity index (χ1v) is 23.6. The molecule has 0 unspecified atom stereocenters. The van der Waals surface area contributed by atoms with Gasteiger partial charge in [-0.1, -0.05) is 116 Å². The van der Waals surface area contributed by atoms with Crippen LogP contribution in [0.5, 0.6) is 0 Å². The first-order chi connectivity index (χ1) is 31.1. The number of aliphatic imine (C=N–C) groups is 3. The summed E-state index contributed by atoms with van der Waals surface area (Å²) in [7, 11) is 1.25. The smallest absolute Gasteiger partial charge is 0.877 e. The number of esters is 2. The SMILES string of the molecule is C=CC1=C2C=C3N=C4C(=C3C)C([O-])=C(C(=O)OC)C4=C3NC(=CC4=NC(=CC(=N2)C1=C[O-])C(C=C)=C4C)[C@@H](C)[C@@H]3CCC(=O)OC/C=C(\C)CCC[C@H](C)CCC[C@H](C)CCCC(C)C.[Mg+2]. The molecule has 11 heteroatoms. The molecule has 0 radical (unpaired) electrons. The maximum absolute atomic E-state index is 14.3. The van der Waals surface area contributed by atoms with Crippen molar-refractivity contribution in [2.75, 3.05) is 13.7 Å². The Balaban J connectivity index is 0.00000817. The minimum Gasteiger partial charge on any atom is -0.877 e. The molecule has 6 aliphatic rings. The number of nitrogens with one attached hydrogen (secondary N) is 1. The Morgan fingerprint density at radius 2 is 1.52 bits per heavy atom. The Morgan fingerprint density at radius 1 is 0.848 bits per heavy atom. The van der Waals surface area contributed by atoms with Crippen LogP contribution in [0.25, 0.3) is 0 Å². The maximum Gasteiger partial charge on any atom is 2.00 e. The van der Waals surface area contributed by atoms with E-state index in [1.54, 1.807) is 31.2 Å². The van der Waals surface area contributed by atoms with Crippen LogP contribution in [-0.2, 0) is 19.1 Å². The fourth-order valence-electron chi connectivity index (χ4n) is 9.75. The van der Waals surface area contributed by atoms with E-state index in [4.69, 9.17) is 24.5 Å². The van der Waals surface area contributed by atoms with Crippen LogP contribution >= 0.6 is 0 Å². The zero-order chi connectivity index (χ0) is 47.1. The van der Waals surface area contributed by atoms with E-state index in [1.165, 1.54) is 57.6 Å². The number of hydrogen-bond acceptors (Lipinski definition) is 10. The molecule has 4 atom stereocenters.